The standard InChI is InChI=1S/C16H29NO2/c1-2-17-10-8-16(18,9-11-17)14-5-12-19-15(13-14)6-3-4-7-15/h14,18H,2-13H2,1H3. The Labute approximate surface area is 117 Å². The zero-order valence-electron chi connectivity index (χ0n) is 12.4. The molecule has 110 valence electrons. The second-order valence-corrected chi connectivity index (χ2v) is 6.97. The topological polar surface area (TPSA) is 32.7 Å². The number of piperidine rings is 1. The molecule has 1 spiro atoms. The van der Waals surface area contributed by atoms with E-state index in [2.05, 4.69) is 11.8 Å². The molecule has 19 heavy (non-hydrogen) atoms. The minimum absolute atomic E-state index is 0.139. The minimum atomic E-state index is -0.412. The van der Waals surface area contributed by atoms with Gasteiger partial charge in [-0.3, -0.25) is 0 Å². The van der Waals surface area contributed by atoms with Gasteiger partial charge >= 0.3 is 0 Å². The molecule has 2 heterocycles. The zero-order chi connectivity index (χ0) is 13.3. The van der Waals surface area contributed by atoms with Crippen LogP contribution >= 0.6 is 0 Å². The van der Waals surface area contributed by atoms with Gasteiger partial charge in [-0.25, -0.2) is 0 Å². The molecule has 1 atom stereocenters. The maximum absolute atomic E-state index is 11.1. The molecule has 0 aromatic carbocycles. The fraction of sp³-hybridized carbons (Fsp3) is 1.00. The van der Waals surface area contributed by atoms with Crippen LogP contribution in [0.2, 0.25) is 0 Å². The van der Waals surface area contributed by atoms with E-state index in [1.807, 2.05) is 0 Å². The second kappa shape index (κ2) is 5.34. The van der Waals surface area contributed by atoms with E-state index in [9.17, 15) is 5.11 Å². The molecule has 1 N–H and O–H groups in total. The van der Waals surface area contributed by atoms with Crippen LogP contribution in [-0.2, 0) is 4.74 Å². The first kappa shape index (κ1) is 13.8. The van der Waals surface area contributed by atoms with Crippen LogP contribution in [0.15, 0.2) is 0 Å². The van der Waals surface area contributed by atoms with E-state index in [4.69, 9.17) is 4.74 Å². The molecule has 3 heteroatoms. The first-order valence-corrected chi connectivity index (χ1v) is 8.25. The highest BCUT2D eigenvalue weighted by Crippen LogP contribution is 2.47. The highest BCUT2D eigenvalue weighted by atomic mass is 16.5. The summed E-state index contributed by atoms with van der Waals surface area (Å²) in [6.07, 6.45) is 9.16. The highest BCUT2D eigenvalue weighted by molar-refractivity contribution is 4.99. The van der Waals surface area contributed by atoms with Crippen molar-refractivity contribution in [1.29, 1.82) is 0 Å². The molecule has 2 aliphatic heterocycles. The normalized spacial score (nSPS) is 34.7. The van der Waals surface area contributed by atoms with Crippen LogP contribution in [0.25, 0.3) is 0 Å². The lowest BCUT2D eigenvalue weighted by molar-refractivity contribution is -0.153. The molecule has 0 radical (unpaired) electrons. The van der Waals surface area contributed by atoms with E-state index >= 15 is 0 Å². The molecule has 0 aromatic rings. The van der Waals surface area contributed by atoms with E-state index in [0.717, 1.165) is 51.9 Å². The number of rotatable bonds is 2. The maximum atomic E-state index is 11.1. The number of likely N-dealkylation sites (tertiary alicyclic amines) is 1. The number of hydrogen-bond acceptors (Lipinski definition) is 3. The van der Waals surface area contributed by atoms with Gasteiger partial charge in [0.15, 0.2) is 0 Å². The van der Waals surface area contributed by atoms with Crippen molar-refractivity contribution in [3.8, 4) is 0 Å². The van der Waals surface area contributed by atoms with Crippen LogP contribution in [0, 0.1) is 5.92 Å². The minimum Gasteiger partial charge on any atom is -0.389 e. The summed E-state index contributed by atoms with van der Waals surface area (Å²) >= 11 is 0. The van der Waals surface area contributed by atoms with Crippen molar-refractivity contribution in [2.45, 2.75) is 69.5 Å². The molecule has 3 nitrogen and oxygen atoms in total. The predicted molar refractivity (Wildman–Crippen MR) is 76.2 cm³/mol. The summed E-state index contributed by atoms with van der Waals surface area (Å²) in [5.41, 5.74) is -0.272. The Hall–Kier alpha value is -0.120. The summed E-state index contributed by atoms with van der Waals surface area (Å²) in [5.74, 6) is 0.471. The van der Waals surface area contributed by atoms with Crippen molar-refractivity contribution in [2.75, 3.05) is 26.2 Å². The quantitative estimate of drug-likeness (QED) is 0.834. The van der Waals surface area contributed by atoms with Gasteiger partial charge in [-0.1, -0.05) is 19.8 Å². The highest BCUT2D eigenvalue weighted by Gasteiger charge is 2.47. The summed E-state index contributed by atoms with van der Waals surface area (Å²) in [4.78, 5) is 2.46. The largest absolute Gasteiger partial charge is 0.389 e. The number of hydrogen-bond donors (Lipinski definition) is 1. The van der Waals surface area contributed by atoms with Crippen LogP contribution in [0.1, 0.15) is 58.3 Å². The summed E-state index contributed by atoms with van der Waals surface area (Å²) in [6.45, 7) is 6.33. The van der Waals surface area contributed by atoms with Crippen molar-refractivity contribution >= 4 is 0 Å². The fourth-order valence-corrected chi connectivity index (χ4v) is 4.52. The first-order valence-electron chi connectivity index (χ1n) is 8.25. The summed E-state index contributed by atoms with van der Waals surface area (Å²) in [7, 11) is 0. The van der Waals surface area contributed by atoms with Gasteiger partial charge in [0.05, 0.1) is 11.2 Å². The Balaban J connectivity index is 1.64. The van der Waals surface area contributed by atoms with E-state index < -0.39 is 5.60 Å². The molecule has 1 aliphatic carbocycles. The predicted octanol–water partition coefficient (Wildman–Crippen LogP) is 2.57. The van der Waals surface area contributed by atoms with E-state index in [-0.39, 0.29) is 5.60 Å². The van der Waals surface area contributed by atoms with Crippen LogP contribution in [0.4, 0.5) is 0 Å². The lowest BCUT2D eigenvalue weighted by atomic mass is 9.71. The summed E-state index contributed by atoms with van der Waals surface area (Å²) in [6, 6.07) is 0. The monoisotopic (exact) mass is 267 g/mol. The van der Waals surface area contributed by atoms with E-state index in [0.29, 0.717) is 5.92 Å². The van der Waals surface area contributed by atoms with Gasteiger partial charge in [-0.2, -0.15) is 0 Å². The summed E-state index contributed by atoms with van der Waals surface area (Å²) < 4.78 is 6.11. The number of ether oxygens (including phenoxy) is 1. The number of nitrogens with zero attached hydrogens (tertiary/aromatic N) is 1. The molecule has 2 saturated heterocycles. The zero-order valence-corrected chi connectivity index (χ0v) is 12.4. The van der Waals surface area contributed by atoms with Gasteiger partial charge in [0.1, 0.15) is 0 Å². The molecule has 3 aliphatic rings. The van der Waals surface area contributed by atoms with Crippen molar-refractivity contribution in [3.05, 3.63) is 0 Å². The van der Waals surface area contributed by atoms with Crippen LogP contribution in [0.5, 0.6) is 0 Å². The molecular formula is C16H29NO2. The Kier molecular flexibility index (Phi) is 3.89. The van der Waals surface area contributed by atoms with Gasteiger partial charge in [-0.15, -0.1) is 0 Å². The molecule has 0 bridgehead atoms. The fourth-order valence-electron chi connectivity index (χ4n) is 4.52. The third-order valence-electron chi connectivity index (χ3n) is 5.94. The SMILES string of the molecule is CCN1CCC(O)(C2CCOC3(CCCC3)C2)CC1. The van der Waals surface area contributed by atoms with Gasteiger partial charge in [0, 0.05) is 19.7 Å². The average Bonchev–Trinajstić information content (AvgIpc) is 2.88. The van der Waals surface area contributed by atoms with Crippen molar-refractivity contribution in [2.24, 2.45) is 5.92 Å². The van der Waals surface area contributed by atoms with Crippen LogP contribution in [-0.4, -0.2) is 47.4 Å². The van der Waals surface area contributed by atoms with Gasteiger partial charge in [-0.05, 0) is 51.0 Å². The molecule has 1 saturated carbocycles. The van der Waals surface area contributed by atoms with Gasteiger partial charge < -0.3 is 14.7 Å². The van der Waals surface area contributed by atoms with Crippen molar-refractivity contribution in [1.82, 2.24) is 4.90 Å². The third kappa shape index (κ3) is 2.70. The van der Waals surface area contributed by atoms with Crippen LogP contribution in [0.3, 0.4) is 0 Å². The Morgan fingerprint density at radius 1 is 1.16 bits per heavy atom. The molecule has 0 aromatic heterocycles. The van der Waals surface area contributed by atoms with Crippen molar-refractivity contribution < 1.29 is 9.84 Å². The number of aliphatic hydroxyl groups is 1. The van der Waals surface area contributed by atoms with Gasteiger partial charge in [0.25, 0.3) is 0 Å². The average molecular weight is 267 g/mol. The molecule has 1 unspecified atom stereocenters. The van der Waals surface area contributed by atoms with Crippen LogP contribution < -0.4 is 0 Å². The second-order valence-electron chi connectivity index (χ2n) is 6.97. The lowest BCUT2D eigenvalue weighted by Gasteiger charge is -2.48. The Morgan fingerprint density at radius 3 is 2.47 bits per heavy atom. The van der Waals surface area contributed by atoms with Crippen molar-refractivity contribution in [3.63, 3.8) is 0 Å². The van der Waals surface area contributed by atoms with Gasteiger partial charge in [0.2, 0.25) is 0 Å². The molecule has 3 rings (SSSR count). The smallest absolute Gasteiger partial charge is 0.0702 e. The first-order chi connectivity index (χ1) is 9.16. The molecular weight excluding hydrogens is 238 g/mol. The summed E-state index contributed by atoms with van der Waals surface area (Å²) in [5, 5.41) is 11.1. The molecule has 3 fully saturated rings. The lowest BCUT2D eigenvalue weighted by Crippen LogP contribution is -2.53. The molecule has 0 amide bonds. The maximum Gasteiger partial charge on any atom is 0.0702 e. The van der Waals surface area contributed by atoms with E-state index in [1.165, 1.54) is 25.7 Å². The Morgan fingerprint density at radius 2 is 1.84 bits per heavy atom. The van der Waals surface area contributed by atoms with E-state index in [1.54, 1.807) is 0 Å². The Bertz CT molecular complexity index is 304. The third-order valence-corrected chi connectivity index (χ3v) is 5.94.